The van der Waals surface area contributed by atoms with Crippen LogP contribution in [0.4, 0.5) is 6.01 Å². The molecule has 0 N–H and O–H groups in total. The standard InChI is InChI=1S/C29H32N2O6/c1-4-34-28(32)21(2)36-25-10-7-9-22(19-25)20-31(29-30-26-11-5-6-12-27(26)37-29)17-8-18-35-24-15-13-23(33-3)14-16-24/h5-7,9-16,19,21H,4,8,17-18,20H2,1-3H3. The summed E-state index contributed by atoms with van der Waals surface area (Å²) in [6, 6.07) is 23.4. The monoisotopic (exact) mass is 504 g/mol. The van der Waals surface area contributed by atoms with Gasteiger partial charge in [0.25, 0.3) is 6.01 Å². The summed E-state index contributed by atoms with van der Waals surface area (Å²) in [6.07, 6.45) is 0.0549. The second-order valence-corrected chi connectivity index (χ2v) is 8.42. The number of anilines is 1. The van der Waals surface area contributed by atoms with Gasteiger partial charge in [0.15, 0.2) is 11.7 Å². The Morgan fingerprint density at radius 3 is 2.54 bits per heavy atom. The van der Waals surface area contributed by atoms with E-state index in [-0.39, 0.29) is 0 Å². The fourth-order valence-electron chi connectivity index (χ4n) is 3.80. The van der Waals surface area contributed by atoms with E-state index in [1.807, 2.05) is 72.8 Å². The van der Waals surface area contributed by atoms with E-state index in [2.05, 4.69) is 4.90 Å². The minimum Gasteiger partial charge on any atom is -0.497 e. The number of ether oxygens (including phenoxy) is 4. The van der Waals surface area contributed by atoms with Crippen molar-refractivity contribution in [3.05, 3.63) is 78.4 Å². The fraction of sp³-hybridized carbons (Fsp3) is 0.310. The molecule has 0 saturated carbocycles. The van der Waals surface area contributed by atoms with E-state index in [4.69, 9.17) is 28.3 Å². The van der Waals surface area contributed by atoms with Crippen molar-refractivity contribution in [1.29, 1.82) is 0 Å². The third-order valence-corrected chi connectivity index (χ3v) is 5.66. The highest BCUT2D eigenvalue weighted by atomic mass is 16.6. The molecular weight excluding hydrogens is 472 g/mol. The summed E-state index contributed by atoms with van der Waals surface area (Å²) >= 11 is 0. The lowest BCUT2D eigenvalue weighted by Crippen LogP contribution is -2.27. The quantitative estimate of drug-likeness (QED) is 0.171. The average Bonchev–Trinajstić information content (AvgIpc) is 3.35. The second-order valence-electron chi connectivity index (χ2n) is 8.42. The highest BCUT2D eigenvalue weighted by molar-refractivity contribution is 5.75. The first-order valence-corrected chi connectivity index (χ1v) is 12.4. The first-order valence-electron chi connectivity index (χ1n) is 12.4. The van der Waals surface area contributed by atoms with E-state index >= 15 is 0 Å². The molecule has 8 heteroatoms. The van der Waals surface area contributed by atoms with Crippen molar-refractivity contribution in [3.8, 4) is 17.2 Å². The van der Waals surface area contributed by atoms with Gasteiger partial charge in [0, 0.05) is 13.1 Å². The van der Waals surface area contributed by atoms with E-state index in [9.17, 15) is 4.79 Å². The van der Waals surface area contributed by atoms with Crippen molar-refractivity contribution >= 4 is 23.1 Å². The minimum atomic E-state index is -0.696. The Balaban J connectivity index is 1.44. The van der Waals surface area contributed by atoms with Crippen LogP contribution in [0.2, 0.25) is 0 Å². The Hall–Kier alpha value is -4.20. The van der Waals surface area contributed by atoms with Gasteiger partial charge in [-0.05, 0) is 74.4 Å². The molecule has 3 aromatic carbocycles. The fourth-order valence-corrected chi connectivity index (χ4v) is 3.80. The third-order valence-electron chi connectivity index (χ3n) is 5.66. The molecule has 0 radical (unpaired) electrons. The smallest absolute Gasteiger partial charge is 0.347 e. The van der Waals surface area contributed by atoms with Crippen LogP contribution >= 0.6 is 0 Å². The predicted molar refractivity (Wildman–Crippen MR) is 141 cm³/mol. The molecule has 0 bridgehead atoms. The number of esters is 1. The van der Waals surface area contributed by atoms with Gasteiger partial charge in [-0.3, -0.25) is 0 Å². The number of carbonyl (C=O) groups is 1. The van der Waals surface area contributed by atoms with Crippen LogP contribution in [-0.4, -0.2) is 43.9 Å². The Morgan fingerprint density at radius 1 is 1.00 bits per heavy atom. The molecule has 0 spiro atoms. The Morgan fingerprint density at radius 2 is 1.78 bits per heavy atom. The predicted octanol–water partition coefficient (Wildman–Crippen LogP) is 5.64. The number of aromatic nitrogens is 1. The lowest BCUT2D eigenvalue weighted by molar-refractivity contribution is -0.150. The number of rotatable bonds is 13. The van der Waals surface area contributed by atoms with Gasteiger partial charge in [0.1, 0.15) is 22.8 Å². The first-order chi connectivity index (χ1) is 18.1. The van der Waals surface area contributed by atoms with Crippen LogP contribution in [0.5, 0.6) is 17.2 Å². The minimum absolute atomic E-state index is 0.314. The lowest BCUT2D eigenvalue weighted by atomic mass is 10.2. The summed E-state index contributed by atoms with van der Waals surface area (Å²) in [4.78, 5) is 18.7. The zero-order valence-electron chi connectivity index (χ0n) is 21.4. The Bertz CT molecular complexity index is 1250. The molecule has 1 heterocycles. The molecule has 8 nitrogen and oxygen atoms in total. The van der Waals surface area contributed by atoms with Crippen molar-refractivity contribution < 1.29 is 28.2 Å². The number of hydrogen-bond acceptors (Lipinski definition) is 8. The van der Waals surface area contributed by atoms with Gasteiger partial charge in [-0.15, -0.1) is 0 Å². The molecule has 1 aromatic heterocycles. The van der Waals surface area contributed by atoms with Crippen molar-refractivity contribution in [2.45, 2.75) is 32.9 Å². The molecule has 194 valence electrons. The number of benzene rings is 3. The second kappa shape index (κ2) is 12.7. The van der Waals surface area contributed by atoms with Crippen LogP contribution in [0.1, 0.15) is 25.8 Å². The molecule has 0 aliphatic heterocycles. The zero-order valence-corrected chi connectivity index (χ0v) is 21.4. The van der Waals surface area contributed by atoms with Gasteiger partial charge in [0.05, 0.1) is 20.3 Å². The number of methoxy groups -OCH3 is 1. The largest absolute Gasteiger partial charge is 0.497 e. The normalized spacial score (nSPS) is 11.6. The highest BCUT2D eigenvalue weighted by Gasteiger charge is 2.18. The van der Waals surface area contributed by atoms with Gasteiger partial charge in [-0.25, -0.2) is 4.79 Å². The number of carbonyl (C=O) groups excluding carboxylic acids is 1. The van der Waals surface area contributed by atoms with Crippen molar-refractivity contribution in [2.75, 3.05) is 31.8 Å². The van der Waals surface area contributed by atoms with Crippen LogP contribution in [-0.2, 0) is 16.1 Å². The third kappa shape index (κ3) is 7.16. The number of oxazole rings is 1. The maximum atomic E-state index is 12.0. The van der Waals surface area contributed by atoms with Crippen molar-refractivity contribution in [2.24, 2.45) is 0 Å². The molecule has 37 heavy (non-hydrogen) atoms. The molecule has 0 aliphatic rings. The van der Waals surface area contributed by atoms with Crippen molar-refractivity contribution in [1.82, 2.24) is 4.98 Å². The van der Waals surface area contributed by atoms with Crippen LogP contribution < -0.4 is 19.1 Å². The van der Waals surface area contributed by atoms with Crippen molar-refractivity contribution in [3.63, 3.8) is 0 Å². The molecule has 0 fully saturated rings. The Kier molecular flexibility index (Phi) is 8.86. The van der Waals surface area contributed by atoms with Gasteiger partial charge >= 0.3 is 5.97 Å². The average molecular weight is 505 g/mol. The topological polar surface area (TPSA) is 83.3 Å². The molecule has 0 aliphatic carbocycles. The molecular formula is C29H32N2O6. The summed E-state index contributed by atoms with van der Waals surface area (Å²) in [5, 5.41) is 0. The van der Waals surface area contributed by atoms with Crippen LogP contribution in [0.15, 0.2) is 77.2 Å². The van der Waals surface area contributed by atoms with E-state index in [0.29, 0.717) is 38.1 Å². The SMILES string of the molecule is CCOC(=O)C(C)Oc1cccc(CN(CCCOc2ccc(OC)cc2)c2nc3ccccc3o2)c1. The van der Waals surface area contributed by atoms with E-state index in [0.717, 1.165) is 34.6 Å². The molecule has 4 aromatic rings. The molecule has 0 saturated heterocycles. The van der Waals surface area contributed by atoms with E-state index in [1.54, 1.807) is 21.0 Å². The maximum absolute atomic E-state index is 12.0. The maximum Gasteiger partial charge on any atom is 0.347 e. The molecule has 1 unspecified atom stereocenters. The van der Waals surface area contributed by atoms with E-state index < -0.39 is 12.1 Å². The summed E-state index contributed by atoms with van der Waals surface area (Å²) in [5.41, 5.74) is 2.53. The van der Waals surface area contributed by atoms with Gasteiger partial charge in [-0.2, -0.15) is 4.98 Å². The molecule has 1 atom stereocenters. The molecule has 0 amide bonds. The zero-order chi connectivity index (χ0) is 26.0. The number of nitrogens with zero attached hydrogens (tertiary/aromatic N) is 2. The van der Waals surface area contributed by atoms with Gasteiger partial charge in [0.2, 0.25) is 0 Å². The summed E-state index contributed by atoms with van der Waals surface area (Å²) < 4.78 is 28.0. The first kappa shape index (κ1) is 25.9. The van der Waals surface area contributed by atoms with Crippen LogP contribution in [0.25, 0.3) is 11.1 Å². The van der Waals surface area contributed by atoms with E-state index in [1.165, 1.54) is 0 Å². The Labute approximate surface area is 216 Å². The lowest BCUT2D eigenvalue weighted by Gasteiger charge is -2.21. The number of para-hydroxylation sites is 2. The van der Waals surface area contributed by atoms with Crippen LogP contribution in [0, 0.1) is 0 Å². The van der Waals surface area contributed by atoms with Gasteiger partial charge in [-0.1, -0.05) is 24.3 Å². The summed E-state index contributed by atoms with van der Waals surface area (Å²) in [6.45, 7) is 5.50. The summed E-state index contributed by atoms with van der Waals surface area (Å²) in [7, 11) is 1.64. The number of hydrogen-bond donors (Lipinski definition) is 0. The number of fused-ring (bicyclic) bond motifs is 1. The van der Waals surface area contributed by atoms with Crippen LogP contribution in [0.3, 0.4) is 0 Å². The van der Waals surface area contributed by atoms with Gasteiger partial charge < -0.3 is 28.3 Å². The highest BCUT2D eigenvalue weighted by Crippen LogP contribution is 2.25. The molecule has 4 rings (SSSR count). The summed E-state index contributed by atoms with van der Waals surface area (Å²) in [5.74, 6) is 1.78.